The molecule has 2 N–H and O–H groups in total. The van der Waals surface area contributed by atoms with Gasteiger partial charge in [-0.15, -0.1) is 10.2 Å². The zero-order valence-corrected chi connectivity index (χ0v) is 15.7. The number of carbonyl (C=O) groups is 1. The highest BCUT2D eigenvalue weighted by atomic mass is 19.1. The molecule has 0 unspecified atom stereocenters. The molecule has 0 radical (unpaired) electrons. The molecule has 7 nitrogen and oxygen atoms in total. The minimum atomic E-state index is -0.377. The summed E-state index contributed by atoms with van der Waals surface area (Å²) in [6, 6.07) is 18.8. The number of anilines is 3. The van der Waals surface area contributed by atoms with Gasteiger partial charge in [0.25, 0.3) is 0 Å². The van der Waals surface area contributed by atoms with Crippen LogP contribution in [0, 0.1) is 5.82 Å². The van der Waals surface area contributed by atoms with Gasteiger partial charge in [0.15, 0.2) is 11.6 Å². The number of nitrogens with zero attached hydrogens (tertiary/aromatic N) is 4. The SMILES string of the molecule is O=C(/C=C/c1ccccc1F)Nc1ccc(Nc2ccc(-n3cccn3)nn2)cc1. The zero-order chi connectivity index (χ0) is 20.8. The average Bonchev–Trinajstić information content (AvgIpc) is 3.30. The Labute approximate surface area is 171 Å². The second kappa shape index (κ2) is 8.78. The Morgan fingerprint density at radius 2 is 1.73 bits per heavy atom. The minimum absolute atomic E-state index is 0.348. The van der Waals surface area contributed by atoms with Gasteiger partial charge in [-0.2, -0.15) is 5.10 Å². The maximum absolute atomic E-state index is 13.6. The highest BCUT2D eigenvalue weighted by Gasteiger charge is 2.03. The van der Waals surface area contributed by atoms with Gasteiger partial charge in [-0.05, 0) is 54.6 Å². The fraction of sp³-hybridized carbons (Fsp3) is 0. The Bertz CT molecular complexity index is 1160. The molecule has 8 heteroatoms. The van der Waals surface area contributed by atoms with Gasteiger partial charge >= 0.3 is 0 Å². The molecule has 0 spiro atoms. The molecule has 0 aliphatic rings. The summed E-state index contributed by atoms with van der Waals surface area (Å²) in [5, 5.41) is 18.2. The molecule has 0 saturated carbocycles. The molecule has 0 saturated heterocycles. The third-order valence-electron chi connectivity index (χ3n) is 4.13. The smallest absolute Gasteiger partial charge is 0.248 e. The van der Waals surface area contributed by atoms with Crippen LogP contribution in [0.4, 0.5) is 21.6 Å². The van der Waals surface area contributed by atoms with Crippen molar-refractivity contribution in [3.8, 4) is 5.82 Å². The van der Waals surface area contributed by atoms with Gasteiger partial charge in [0.05, 0.1) is 0 Å². The van der Waals surface area contributed by atoms with E-state index < -0.39 is 0 Å². The lowest BCUT2D eigenvalue weighted by atomic mass is 10.2. The van der Waals surface area contributed by atoms with Crippen molar-refractivity contribution in [3.05, 3.63) is 96.6 Å². The largest absolute Gasteiger partial charge is 0.339 e. The van der Waals surface area contributed by atoms with Crippen LogP contribution in [0.1, 0.15) is 5.56 Å². The average molecular weight is 400 g/mol. The van der Waals surface area contributed by atoms with E-state index in [1.807, 2.05) is 6.07 Å². The highest BCUT2D eigenvalue weighted by molar-refractivity contribution is 6.02. The second-order valence-electron chi connectivity index (χ2n) is 6.27. The van der Waals surface area contributed by atoms with Crippen molar-refractivity contribution in [2.24, 2.45) is 0 Å². The molecule has 0 fully saturated rings. The topological polar surface area (TPSA) is 84.7 Å². The summed E-state index contributed by atoms with van der Waals surface area (Å²) in [5.74, 6) is 0.472. The van der Waals surface area contributed by atoms with E-state index in [1.54, 1.807) is 71.7 Å². The van der Waals surface area contributed by atoms with Crippen LogP contribution >= 0.6 is 0 Å². The summed E-state index contributed by atoms with van der Waals surface area (Å²) in [5.41, 5.74) is 1.76. The lowest BCUT2D eigenvalue weighted by Crippen LogP contribution is -2.07. The van der Waals surface area contributed by atoms with Crippen LogP contribution < -0.4 is 10.6 Å². The molecule has 2 aromatic heterocycles. The lowest BCUT2D eigenvalue weighted by molar-refractivity contribution is -0.111. The Balaban J connectivity index is 1.35. The maximum Gasteiger partial charge on any atom is 0.248 e. The normalized spacial score (nSPS) is 10.8. The van der Waals surface area contributed by atoms with Crippen molar-refractivity contribution in [2.75, 3.05) is 10.6 Å². The Kier molecular flexibility index (Phi) is 5.56. The van der Waals surface area contributed by atoms with E-state index in [9.17, 15) is 9.18 Å². The number of hydrogen-bond donors (Lipinski definition) is 2. The first-order chi connectivity index (χ1) is 14.7. The predicted molar refractivity (Wildman–Crippen MR) is 113 cm³/mol. The summed E-state index contributed by atoms with van der Waals surface area (Å²) < 4.78 is 15.2. The minimum Gasteiger partial charge on any atom is -0.339 e. The molecule has 0 atom stereocenters. The standard InChI is InChI=1S/C22H17FN6O/c23-19-5-2-1-4-16(19)6-13-22(30)26-18-9-7-17(8-10-18)25-20-11-12-21(28-27-20)29-15-3-14-24-29/h1-15H,(H,25,27)(H,26,30)/b13-6+. The summed E-state index contributed by atoms with van der Waals surface area (Å²) in [7, 11) is 0. The summed E-state index contributed by atoms with van der Waals surface area (Å²) in [6.07, 6.45) is 6.19. The first-order valence-corrected chi connectivity index (χ1v) is 9.12. The van der Waals surface area contributed by atoms with E-state index in [0.29, 0.717) is 22.9 Å². The van der Waals surface area contributed by atoms with Gasteiger partial charge in [0.1, 0.15) is 5.82 Å². The monoisotopic (exact) mass is 400 g/mol. The highest BCUT2D eigenvalue weighted by Crippen LogP contribution is 2.18. The molecular weight excluding hydrogens is 383 g/mol. The van der Waals surface area contributed by atoms with Crippen molar-refractivity contribution in [3.63, 3.8) is 0 Å². The Morgan fingerprint density at radius 3 is 2.43 bits per heavy atom. The van der Waals surface area contributed by atoms with Crippen molar-refractivity contribution >= 4 is 29.2 Å². The third kappa shape index (κ3) is 4.74. The Hall–Kier alpha value is -4.33. The van der Waals surface area contributed by atoms with Gasteiger partial charge in [-0.25, -0.2) is 9.07 Å². The number of hydrogen-bond acceptors (Lipinski definition) is 5. The fourth-order valence-electron chi connectivity index (χ4n) is 2.66. The van der Waals surface area contributed by atoms with E-state index in [4.69, 9.17) is 0 Å². The van der Waals surface area contributed by atoms with E-state index in [-0.39, 0.29) is 11.7 Å². The quantitative estimate of drug-likeness (QED) is 0.474. The molecule has 0 aliphatic carbocycles. The molecule has 0 bridgehead atoms. The van der Waals surface area contributed by atoms with Crippen LogP contribution in [-0.2, 0) is 4.79 Å². The fourth-order valence-corrected chi connectivity index (χ4v) is 2.66. The van der Waals surface area contributed by atoms with E-state index in [2.05, 4.69) is 25.9 Å². The molecule has 2 heterocycles. The van der Waals surface area contributed by atoms with Gasteiger partial charge in [0, 0.05) is 35.4 Å². The van der Waals surface area contributed by atoms with Crippen LogP contribution in [0.5, 0.6) is 0 Å². The van der Waals surface area contributed by atoms with Crippen LogP contribution in [0.15, 0.2) is 85.2 Å². The molecule has 0 aliphatic heterocycles. The molecule has 148 valence electrons. The van der Waals surface area contributed by atoms with Crippen molar-refractivity contribution in [1.29, 1.82) is 0 Å². The summed E-state index contributed by atoms with van der Waals surface area (Å²) >= 11 is 0. The molecule has 2 aromatic carbocycles. The number of benzene rings is 2. The number of rotatable bonds is 6. The summed E-state index contributed by atoms with van der Waals surface area (Å²) in [4.78, 5) is 12.0. The number of amides is 1. The van der Waals surface area contributed by atoms with Gasteiger partial charge in [0.2, 0.25) is 5.91 Å². The number of nitrogens with one attached hydrogen (secondary N) is 2. The Morgan fingerprint density at radius 1 is 0.933 bits per heavy atom. The maximum atomic E-state index is 13.6. The molecule has 4 rings (SSSR count). The van der Waals surface area contributed by atoms with Gasteiger partial charge in [-0.1, -0.05) is 18.2 Å². The van der Waals surface area contributed by atoms with Gasteiger partial charge < -0.3 is 10.6 Å². The molecule has 1 amide bonds. The van der Waals surface area contributed by atoms with Crippen LogP contribution in [0.25, 0.3) is 11.9 Å². The summed E-state index contributed by atoms with van der Waals surface area (Å²) in [6.45, 7) is 0. The first kappa shape index (κ1) is 19.0. The third-order valence-corrected chi connectivity index (χ3v) is 4.13. The van der Waals surface area contributed by atoms with Crippen molar-refractivity contribution in [2.45, 2.75) is 0 Å². The van der Waals surface area contributed by atoms with Gasteiger partial charge in [-0.3, -0.25) is 4.79 Å². The van der Waals surface area contributed by atoms with Crippen LogP contribution in [-0.4, -0.2) is 25.9 Å². The van der Waals surface area contributed by atoms with E-state index >= 15 is 0 Å². The second-order valence-corrected chi connectivity index (χ2v) is 6.27. The van der Waals surface area contributed by atoms with Crippen molar-refractivity contribution < 1.29 is 9.18 Å². The predicted octanol–water partition coefficient (Wildman–Crippen LogP) is 4.20. The first-order valence-electron chi connectivity index (χ1n) is 9.12. The van der Waals surface area contributed by atoms with Crippen molar-refractivity contribution in [1.82, 2.24) is 20.0 Å². The molecule has 30 heavy (non-hydrogen) atoms. The van der Waals surface area contributed by atoms with Crippen LogP contribution in [0.2, 0.25) is 0 Å². The van der Waals surface area contributed by atoms with E-state index in [0.717, 1.165) is 5.69 Å². The zero-order valence-electron chi connectivity index (χ0n) is 15.7. The molecular formula is C22H17FN6O. The van der Waals surface area contributed by atoms with E-state index in [1.165, 1.54) is 18.2 Å². The number of halogens is 1. The number of aromatic nitrogens is 4. The molecule has 4 aromatic rings. The van der Waals surface area contributed by atoms with Crippen LogP contribution in [0.3, 0.4) is 0 Å². The lowest BCUT2D eigenvalue weighted by Gasteiger charge is -2.07. The number of carbonyl (C=O) groups excluding carboxylic acids is 1.